The van der Waals surface area contributed by atoms with E-state index in [1.165, 1.54) is 0 Å². The molecule has 3 atom stereocenters. The van der Waals surface area contributed by atoms with Crippen LogP contribution >= 0.6 is 0 Å². The largest absolute Gasteiger partial charge is 0.339 e. The van der Waals surface area contributed by atoms with Gasteiger partial charge in [0, 0.05) is 19.1 Å². The first-order valence-electron chi connectivity index (χ1n) is 5.79. The van der Waals surface area contributed by atoms with Gasteiger partial charge in [-0.3, -0.25) is 4.79 Å². The Morgan fingerprint density at radius 3 is 2.69 bits per heavy atom. The maximum absolute atomic E-state index is 12.0. The number of hydrogen-bond acceptors (Lipinski definition) is 3. The quantitative estimate of drug-likeness (QED) is 0.700. The van der Waals surface area contributed by atoms with E-state index in [0.717, 1.165) is 13.1 Å². The number of carbonyl (C=O) groups is 1. The van der Waals surface area contributed by atoms with E-state index >= 15 is 0 Å². The zero-order chi connectivity index (χ0) is 12.3. The van der Waals surface area contributed by atoms with Crippen LogP contribution in [0.25, 0.3) is 0 Å². The minimum Gasteiger partial charge on any atom is -0.339 e. The van der Waals surface area contributed by atoms with Crippen LogP contribution in [0.5, 0.6) is 0 Å². The van der Waals surface area contributed by atoms with Crippen LogP contribution in [0.2, 0.25) is 0 Å². The zero-order valence-electron chi connectivity index (χ0n) is 10.5. The lowest BCUT2D eigenvalue weighted by Crippen LogP contribution is -2.43. The molecule has 1 aliphatic heterocycles. The van der Waals surface area contributed by atoms with E-state index < -0.39 is 6.04 Å². The van der Waals surface area contributed by atoms with Gasteiger partial charge in [-0.05, 0) is 26.4 Å². The molecule has 0 aromatic heterocycles. The van der Waals surface area contributed by atoms with Crippen molar-refractivity contribution in [2.45, 2.75) is 25.4 Å². The number of likely N-dealkylation sites (tertiary alicyclic amines) is 1. The highest BCUT2D eigenvalue weighted by atomic mass is 16.2. The molecule has 0 aliphatic carbocycles. The van der Waals surface area contributed by atoms with E-state index in [0.29, 0.717) is 18.4 Å². The summed E-state index contributed by atoms with van der Waals surface area (Å²) in [6.45, 7) is 7.39. The predicted molar refractivity (Wildman–Crippen MR) is 66.0 cm³/mol. The monoisotopic (exact) mass is 225 g/mol. The summed E-state index contributed by atoms with van der Waals surface area (Å²) in [5, 5.41) is 0. The molecule has 1 amide bonds. The van der Waals surface area contributed by atoms with Crippen LogP contribution in [0.4, 0.5) is 0 Å². The zero-order valence-corrected chi connectivity index (χ0v) is 10.5. The number of carbonyl (C=O) groups excluding carboxylic acids is 1. The SMILES string of the molecule is C=CCC(N)C(=O)N1CC(C)C(N(C)C)C1. The Morgan fingerprint density at radius 2 is 2.25 bits per heavy atom. The fourth-order valence-corrected chi connectivity index (χ4v) is 2.32. The first-order chi connectivity index (χ1) is 7.47. The highest BCUT2D eigenvalue weighted by molar-refractivity contribution is 5.82. The normalized spacial score (nSPS) is 27.2. The summed E-state index contributed by atoms with van der Waals surface area (Å²) in [6.07, 6.45) is 2.25. The van der Waals surface area contributed by atoms with Crippen molar-refractivity contribution in [3.63, 3.8) is 0 Å². The Labute approximate surface area is 98.1 Å². The van der Waals surface area contributed by atoms with Gasteiger partial charge < -0.3 is 15.5 Å². The van der Waals surface area contributed by atoms with Crippen molar-refractivity contribution in [1.29, 1.82) is 0 Å². The van der Waals surface area contributed by atoms with Gasteiger partial charge in [-0.1, -0.05) is 13.0 Å². The van der Waals surface area contributed by atoms with E-state index in [-0.39, 0.29) is 5.91 Å². The molecule has 3 unspecified atom stereocenters. The van der Waals surface area contributed by atoms with Crippen LogP contribution in [0.15, 0.2) is 12.7 Å². The Kier molecular flexibility index (Phi) is 4.50. The average molecular weight is 225 g/mol. The second kappa shape index (κ2) is 5.46. The molecule has 0 aromatic carbocycles. The van der Waals surface area contributed by atoms with Gasteiger partial charge >= 0.3 is 0 Å². The van der Waals surface area contributed by atoms with Crippen LogP contribution in [0.1, 0.15) is 13.3 Å². The molecule has 1 saturated heterocycles. The van der Waals surface area contributed by atoms with Crippen molar-refractivity contribution in [2.75, 3.05) is 27.2 Å². The average Bonchev–Trinajstić information content (AvgIpc) is 2.59. The standard InChI is InChI=1S/C12H23N3O/c1-5-6-10(13)12(16)15-7-9(2)11(8-15)14(3)4/h5,9-11H,1,6-8,13H2,2-4H3. The molecule has 1 heterocycles. The van der Waals surface area contributed by atoms with Crippen LogP contribution in [-0.2, 0) is 4.79 Å². The minimum absolute atomic E-state index is 0.0519. The second-order valence-corrected chi connectivity index (χ2v) is 4.88. The van der Waals surface area contributed by atoms with Gasteiger partial charge in [0.2, 0.25) is 5.91 Å². The molecular formula is C12H23N3O. The highest BCUT2D eigenvalue weighted by Crippen LogP contribution is 2.20. The Morgan fingerprint density at radius 1 is 1.62 bits per heavy atom. The minimum atomic E-state index is -0.425. The number of likely N-dealkylation sites (N-methyl/N-ethyl adjacent to an activating group) is 1. The lowest BCUT2D eigenvalue weighted by Gasteiger charge is -2.23. The van der Waals surface area contributed by atoms with Crippen LogP contribution in [0.3, 0.4) is 0 Å². The van der Waals surface area contributed by atoms with Gasteiger partial charge in [-0.15, -0.1) is 6.58 Å². The first-order valence-corrected chi connectivity index (χ1v) is 5.79. The number of amides is 1. The summed E-state index contributed by atoms with van der Waals surface area (Å²) in [4.78, 5) is 16.0. The van der Waals surface area contributed by atoms with Crippen LogP contribution in [-0.4, -0.2) is 55.0 Å². The Balaban J connectivity index is 2.57. The summed E-state index contributed by atoms with van der Waals surface area (Å²) in [7, 11) is 4.11. The summed E-state index contributed by atoms with van der Waals surface area (Å²) in [5.41, 5.74) is 5.80. The molecule has 4 heteroatoms. The molecule has 16 heavy (non-hydrogen) atoms. The number of nitrogens with two attached hydrogens (primary N) is 1. The van der Waals surface area contributed by atoms with Crippen molar-refractivity contribution >= 4 is 5.91 Å². The van der Waals surface area contributed by atoms with Crippen LogP contribution in [0, 0.1) is 5.92 Å². The fraction of sp³-hybridized carbons (Fsp3) is 0.750. The number of nitrogens with zero attached hydrogens (tertiary/aromatic N) is 2. The van der Waals surface area contributed by atoms with Crippen molar-refractivity contribution in [1.82, 2.24) is 9.80 Å². The molecule has 0 saturated carbocycles. The maximum atomic E-state index is 12.0. The van der Waals surface area contributed by atoms with Crippen LogP contribution < -0.4 is 5.73 Å². The van der Waals surface area contributed by atoms with Gasteiger partial charge in [0.1, 0.15) is 0 Å². The van der Waals surface area contributed by atoms with E-state index in [2.05, 4.69) is 32.5 Å². The molecular weight excluding hydrogens is 202 g/mol. The molecule has 1 aliphatic rings. The van der Waals surface area contributed by atoms with E-state index in [4.69, 9.17) is 5.73 Å². The first kappa shape index (κ1) is 13.2. The third-order valence-corrected chi connectivity index (χ3v) is 3.29. The summed E-state index contributed by atoms with van der Waals surface area (Å²) in [6, 6.07) is 0.0190. The molecule has 1 rings (SSSR count). The van der Waals surface area contributed by atoms with Gasteiger partial charge in [-0.2, -0.15) is 0 Å². The fourth-order valence-electron chi connectivity index (χ4n) is 2.32. The third-order valence-electron chi connectivity index (χ3n) is 3.29. The molecule has 92 valence electrons. The summed E-state index contributed by atoms with van der Waals surface area (Å²) >= 11 is 0. The highest BCUT2D eigenvalue weighted by Gasteiger charge is 2.34. The van der Waals surface area contributed by atoms with E-state index in [1.54, 1.807) is 6.08 Å². The Bertz CT molecular complexity index is 265. The van der Waals surface area contributed by atoms with Crippen molar-refractivity contribution < 1.29 is 4.79 Å². The maximum Gasteiger partial charge on any atom is 0.239 e. The molecule has 0 radical (unpaired) electrons. The van der Waals surface area contributed by atoms with Gasteiger partial charge in [-0.25, -0.2) is 0 Å². The molecule has 2 N–H and O–H groups in total. The lowest BCUT2D eigenvalue weighted by atomic mass is 10.1. The van der Waals surface area contributed by atoms with Gasteiger partial charge in [0.05, 0.1) is 6.04 Å². The van der Waals surface area contributed by atoms with Gasteiger partial charge in [0.25, 0.3) is 0 Å². The van der Waals surface area contributed by atoms with E-state index in [9.17, 15) is 4.79 Å². The Hall–Kier alpha value is -0.870. The topological polar surface area (TPSA) is 49.6 Å². The molecule has 0 spiro atoms. The van der Waals surface area contributed by atoms with Gasteiger partial charge in [0.15, 0.2) is 0 Å². The van der Waals surface area contributed by atoms with E-state index in [1.807, 2.05) is 4.90 Å². The number of hydrogen-bond donors (Lipinski definition) is 1. The van der Waals surface area contributed by atoms with Crippen molar-refractivity contribution in [3.05, 3.63) is 12.7 Å². The summed E-state index contributed by atoms with van der Waals surface area (Å²) < 4.78 is 0. The molecule has 0 bridgehead atoms. The third kappa shape index (κ3) is 2.83. The lowest BCUT2D eigenvalue weighted by molar-refractivity contribution is -0.131. The van der Waals surface area contributed by atoms with Crippen molar-refractivity contribution in [2.24, 2.45) is 11.7 Å². The summed E-state index contributed by atoms with van der Waals surface area (Å²) in [5.74, 6) is 0.561. The molecule has 1 fully saturated rings. The second-order valence-electron chi connectivity index (χ2n) is 4.88. The molecule has 0 aromatic rings. The van der Waals surface area contributed by atoms with Crippen molar-refractivity contribution in [3.8, 4) is 0 Å². The smallest absolute Gasteiger partial charge is 0.239 e. The molecule has 4 nitrogen and oxygen atoms in total. The predicted octanol–water partition coefficient (Wildman–Crippen LogP) is 0.298. The number of rotatable bonds is 4.